The van der Waals surface area contributed by atoms with E-state index in [1.807, 2.05) is 6.07 Å². The van der Waals surface area contributed by atoms with E-state index in [0.29, 0.717) is 6.04 Å². The number of nitrogens with one attached hydrogen (secondary N) is 1. The van der Waals surface area contributed by atoms with Crippen molar-refractivity contribution >= 4 is 11.6 Å². The molecule has 6 nitrogen and oxygen atoms in total. The molecule has 1 fully saturated rings. The van der Waals surface area contributed by atoms with Crippen LogP contribution in [0.15, 0.2) is 24.9 Å². The van der Waals surface area contributed by atoms with Gasteiger partial charge in [0.1, 0.15) is 24.3 Å². The summed E-state index contributed by atoms with van der Waals surface area (Å²) in [5.74, 6) is 2.09. The second kappa shape index (κ2) is 6.48. The summed E-state index contributed by atoms with van der Waals surface area (Å²) in [6.45, 7) is 2.07. The highest BCUT2D eigenvalue weighted by atomic mass is 15.2. The predicted molar refractivity (Wildman–Crippen MR) is 89.6 cm³/mol. The van der Waals surface area contributed by atoms with Crippen LogP contribution >= 0.6 is 0 Å². The summed E-state index contributed by atoms with van der Waals surface area (Å²) >= 11 is 0. The lowest BCUT2D eigenvalue weighted by Crippen LogP contribution is -2.40. The maximum Gasteiger partial charge on any atom is 0.135 e. The van der Waals surface area contributed by atoms with E-state index in [0.717, 1.165) is 44.6 Å². The second-order valence-electron chi connectivity index (χ2n) is 6.33. The summed E-state index contributed by atoms with van der Waals surface area (Å²) in [4.78, 5) is 19.7. The zero-order valence-corrected chi connectivity index (χ0v) is 13.3. The Morgan fingerprint density at radius 3 is 2.70 bits per heavy atom. The highest BCUT2D eigenvalue weighted by Gasteiger charge is 2.24. The Bertz CT molecular complexity index is 651. The average Bonchev–Trinajstić information content (AvgIpc) is 2.63. The third-order valence-corrected chi connectivity index (χ3v) is 4.83. The fourth-order valence-corrected chi connectivity index (χ4v) is 3.60. The molecule has 6 heteroatoms. The molecular formula is C17H22N6. The first-order valence-electron chi connectivity index (χ1n) is 8.50. The van der Waals surface area contributed by atoms with Crippen LogP contribution < -0.4 is 10.2 Å². The van der Waals surface area contributed by atoms with E-state index < -0.39 is 0 Å². The maximum atomic E-state index is 4.60. The topological polar surface area (TPSA) is 66.8 Å². The van der Waals surface area contributed by atoms with Crippen molar-refractivity contribution in [2.75, 3.05) is 23.3 Å². The first-order valence-corrected chi connectivity index (χ1v) is 8.50. The van der Waals surface area contributed by atoms with E-state index >= 15 is 0 Å². The van der Waals surface area contributed by atoms with Crippen molar-refractivity contribution in [3.8, 4) is 0 Å². The molecule has 0 aromatic carbocycles. The van der Waals surface area contributed by atoms with Crippen molar-refractivity contribution in [3.63, 3.8) is 0 Å². The molecule has 1 aliphatic carbocycles. The van der Waals surface area contributed by atoms with E-state index in [4.69, 9.17) is 0 Å². The fourth-order valence-electron chi connectivity index (χ4n) is 3.60. The average molecular weight is 310 g/mol. The van der Waals surface area contributed by atoms with Gasteiger partial charge in [-0.05, 0) is 44.6 Å². The van der Waals surface area contributed by atoms with Crippen LogP contribution in [-0.2, 0) is 12.8 Å². The molecule has 23 heavy (non-hydrogen) atoms. The lowest BCUT2D eigenvalue weighted by molar-refractivity contribution is 0.518. The molecule has 0 bridgehead atoms. The molecule has 1 saturated heterocycles. The first-order chi connectivity index (χ1) is 11.4. The van der Waals surface area contributed by atoms with Crippen molar-refractivity contribution in [3.05, 3.63) is 36.2 Å². The molecule has 2 aromatic heterocycles. The highest BCUT2D eigenvalue weighted by Crippen LogP contribution is 2.29. The van der Waals surface area contributed by atoms with Gasteiger partial charge in [0.25, 0.3) is 0 Å². The summed E-state index contributed by atoms with van der Waals surface area (Å²) < 4.78 is 0. The minimum atomic E-state index is 0.471. The Kier molecular flexibility index (Phi) is 4.05. The molecule has 1 aliphatic heterocycles. The normalized spacial score (nSPS) is 18.5. The SMILES string of the molecule is c1cc(NC2CCN(c3ncnc4c3CCCC4)CC2)ncn1. The number of nitrogens with zero attached hydrogens (tertiary/aromatic N) is 5. The van der Waals surface area contributed by atoms with Gasteiger partial charge in [-0.1, -0.05) is 0 Å². The Balaban J connectivity index is 1.42. The Labute approximate surface area is 136 Å². The molecule has 120 valence electrons. The third-order valence-electron chi connectivity index (χ3n) is 4.83. The summed E-state index contributed by atoms with van der Waals surface area (Å²) in [7, 11) is 0. The molecule has 0 unspecified atom stereocenters. The van der Waals surface area contributed by atoms with Gasteiger partial charge in [-0.2, -0.15) is 0 Å². The number of hydrogen-bond donors (Lipinski definition) is 1. The van der Waals surface area contributed by atoms with E-state index in [1.165, 1.54) is 29.9 Å². The molecule has 0 amide bonds. The highest BCUT2D eigenvalue weighted by molar-refractivity contribution is 5.50. The molecule has 0 radical (unpaired) electrons. The number of fused-ring (bicyclic) bond motifs is 1. The standard InChI is InChI=1S/C17H22N6/c1-2-4-15-14(3-1)17(21-12-19-15)23-9-6-13(7-10-23)22-16-5-8-18-11-20-16/h5,8,11-13H,1-4,6-7,9-10H2,(H,18,20,22). The van der Waals surface area contributed by atoms with Crippen molar-refractivity contribution in [1.29, 1.82) is 0 Å². The van der Waals surface area contributed by atoms with Crippen molar-refractivity contribution in [2.45, 2.75) is 44.6 Å². The molecule has 1 N–H and O–H groups in total. The summed E-state index contributed by atoms with van der Waals surface area (Å²) in [5.41, 5.74) is 2.66. The minimum absolute atomic E-state index is 0.471. The van der Waals surface area contributed by atoms with Crippen LogP contribution in [0.25, 0.3) is 0 Å². The summed E-state index contributed by atoms with van der Waals surface area (Å²) in [6, 6.07) is 2.39. The van der Waals surface area contributed by atoms with Gasteiger partial charge >= 0.3 is 0 Å². The molecule has 4 rings (SSSR count). The van der Waals surface area contributed by atoms with Crippen LogP contribution in [-0.4, -0.2) is 39.1 Å². The lowest BCUT2D eigenvalue weighted by Gasteiger charge is -2.35. The van der Waals surface area contributed by atoms with Crippen molar-refractivity contribution in [1.82, 2.24) is 19.9 Å². The van der Waals surface area contributed by atoms with Crippen LogP contribution in [0.2, 0.25) is 0 Å². The Hall–Kier alpha value is -2.24. The Morgan fingerprint density at radius 1 is 1.00 bits per heavy atom. The number of aromatic nitrogens is 4. The van der Waals surface area contributed by atoms with Gasteiger partial charge < -0.3 is 10.2 Å². The second-order valence-corrected chi connectivity index (χ2v) is 6.33. The maximum absolute atomic E-state index is 4.60. The number of anilines is 2. The van der Waals surface area contributed by atoms with Gasteiger partial charge in [0.15, 0.2) is 0 Å². The number of piperidine rings is 1. The monoisotopic (exact) mass is 310 g/mol. The molecular weight excluding hydrogens is 288 g/mol. The van der Waals surface area contributed by atoms with Gasteiger partial charge in [0.2, 0.25) is 0 Å². The summed E-state index contributed by atoms with van der Waals surface area (Å²) in [5, 5.41) is 3.50. The molecule has 2 aromatic rings. The van der Waals surface area contributed by atoms with E-state index in [-0.39, 0.29) is 0 Å². The molecule has 2 aliphatic rings. The molecule has 0 saturated carbocycles. The van der Waals surface area contributed by atoms with Crippen molar-refractivity contribution < 1.29 is 0 Å². The number of rotatable bonds is 3. The van der Waals surface area contributed by atoms with Crippen LogP contribution in [0.3, 0.4) is 0 Å². The minimum Gasteiger partial charge on any atom is -0.367 e. The molecule has 3 heterocycles. The van der Waals surface area contributed by atoms with Crippen LogP contribution in [0.5, 0.6) is 0 Å². The van der Waals surface area contributed by atoms with E-state index in [9.17, 15) is 0 Å². The molecule has 0 spiro atoms. The van der Waals surface area contributed by atoms with Crippen LogP contribution in [0.1, 0.15) is 36.9 Å². The van der Waals surface area contributed by atoms with Gasteiger partial charge in [-0.25, -0.2) is 19.9 Å². The van der Waals surface area contributed by atoms with Crippen LogP contribution in [0.4, 0.5) is 11.6 Å². The summed E-state index contributed by atoms with van der Waals surface area (Å²) in [6.07, 6.45) is 12.1. The quantitative estimate of drug-likeness (QED) is 0.937. The van der Waals surface area contributed by atoms with E-state index in [2.05, 4.69) is 30.2 Å². The van der Waals surface area contributed by atoms with Gasteiger partial charge in [0, 0.05) is 36.6 Å². The zero-order chi connectivity index (χ0) is 15.5. The van der Waals surface area contributed by atoms with Gasteiger partial charge in [-0.3, -0.25) is 0 Å². The smallest absolute Gasteiger partial charge is 0.135 e. The molecule has 0 atom stereocenters. The zero-order valence-electron chi connectivity index (χ0n) is 13.3. The number of aryl methyl sites for hydroxylation is 1. The lowest BCUT2D eigenvalue weighted by atomic mass is 9.95. The Morgan fingerprint density at radius 2 is 1.87 bits per heavy atom. The largest absolute Gasteiger partial charge is 0.367 e. The van der Waals surface area contributed by atoms with Crippen molar-refractivity contribution in [2.24, 2.45) is 0 Å². The number of hydrogen-bond acceptors (Lipinski definition) is 6. The van der Waals surface area contributed by atoms with E-state index in [1.54, 1.807) is 18.9 Å². The van der Waals surface area contributed by atoms with Crippen LogP contribution in [0, 0.1) is 0 Å². The van der Waals surface area contributed by atoms with Gasteiger partial charge in [0.05, 0.1) is 0 Å². The third kappa shape index (κ3) is 3.11. The first kappa shape index (κ1) is 14.4. The van der Waals surface area contributed by atoms with Gasteiger partial charge in [-0.15, -0.1) is 0 Å². The predicted octanol–water partition coefficient (Wildman–Crippen LogP) is 2.23. The fraction of sp³-hybridized carbons (Fsp3) is 0.529.